The van der Waals surface area contributed by atoms with E-state index < -0.39 is 227 Å². The van der Waals surface area contributed by atoms with Gasteiger partial charge in [0.05, 0.1) is 112 Å². The van der Waals surface area contributed by atoms with Gasteiger partial charge in [-0.25, -0.2) is 4.67 Å². The maximum Gasteiger partial charge on any atom is 0.303 e. The zero-order valence-corrected chi connectivity index (χ0v) is 78.9. The molecule has 4 aliphatic rings. The monoisotopic (exact) mass is 1900 g/mol. The zero-order chi connectivity index (χ0) is 97.3. The molecule has 0 aromatic heterocycles. The summed E-state index contributed by atoms with van der Waals surface area (Å²) in [5.41, 5.74) is -1.56. The Hall–Kier alpha value is -8.65. The van der Waals surface area contributed by atoms with Crippen LogP contribution in [0.1, 0.15) is 169 Å². The SMILES string of the molecule is CCCOP(OC1CCC(C(=O)NC(COCCC(=O)NCCOCCOC2OC(COC(C)=O)C(OC(C)=O)C(OC(C)=O)C2NC(C)=O)(COCCC(=O)NCCOCCOC2OC(COC(C)=O)C(OC(C)=O)C(OC(C)=O)C2NC(C)=O)COCCC(=O)NCCOCCOC2OC(COC(C)=O)C(OC(C)=O)C(OC(C)=O)C2NC(C)=O)CC1)N(C(C)C)C(C)C. The van der Waals surface area contributed by atoms with Crippen molar-refractivity contribution in [1.29, 1.82) is 0 Å². The summed E-state index contributed by atoms with van der Waals surface area (Å²) >= 11 is 0. The fraction of sp³-hybridized carbons (Fsp3) is 0.807. The number of esters is 9. The van der Waals surface area contributed by atoms with E-state index in [0.717, 1.165) is 68.7 Å². The Bertz CT molecular complexity index is 3290. The van der Waals surface area contributed by atoms with E-state index in [-0.39, 0.29) is 156 Å². The third kappa shape index (κ3) is 45.3. The molecule has 0 bridgehead atoms. The van der Waals surface area contributed by atoms with Gasteiger partial charge in [-0.3, -0.25) is 76.7 Å². The molecule has 4 rings (SSSR count). The molecule has 0 aromatic rings. The van der Waals surface area contributed by atoms with Gasteiger partial charge in [-0.05, 0) is 59.8 Å². The lowest BCUT2D eigenvalue weighted by molar-refractivity contribution is -0.279. The number of rotatable bonds is 61. The minimum absolute atomic E-state index is 0.00567. The molecule has 3 saturated heterocycles. The van der Waals surface area contributed by atoms with Crippen molar-refractivity contribution in [2.24, 2.45) is 5.92 Å². The van der Waals surface area contributed by atoms with Gasteiger partial charge in [0, 0.05) is 140 Å². The van der Waals surface area contributed by atoms with Gasteiger partial charge in [-0.2, -0.15) is 0 Å². The Kier molecular flexibility index (Phi) is 54.3. The normalized spacial score (nSPS) is 24.3. The summed E-state index contributed by atoms with van der Waals surface area (Å²) in [6.07, 6.45) is -14.1. The minimum Gasteiger partial charge on any atom is -0.463 e. The average molecular weight is 1900 g/mol. The molecule has 7 amide bonds. The lowest BCUT2D eigenvalue weighted by atomic mass is 9.86. The molecule has 47 nitrogen and oxygen atoms in total. The van der Waals surface area contributed by atoms with Crippen LogP contribution in [0.15, 0.2) is 0 Å². The Balaban J connectivity index is 1.51. The maximum absolute atomic E-state index is 14.9. The van der Waals surface area contributed by atoms with Crippen molar-refractivity contribution in [3.63, 3.8) is 0 Å². The number of carbonyl (C=O) groups is 16. The number of ether oxygens (including phenoxy) is 21. The molecule has 3 aliphatic heterocycles. The van der Waals surface area contributed by atoms with Crippen molar-refractivity contribution >= 4 is 104 Å². The van der Waals surface area contributed by atoms with Crippen LogP contribution >= 0.6 is 8.53 Å². The molecular weight excluding hydrogens is 1760 g/mol. The molecule has 4 fully saturated rings. The third-order valence-corrected chi connectivity index (χ3v) is 21.5. The summed E-state index contributed by atoms with van der Waals surface area (Å²) in [6, 6.07) is -3.46. The summed E-state index contributed by atoms with van der Waals surface area (Å²) in [7, 11) is -1.46. The first-order valence-corrected chi connectivity index (χ1v) is 44.8. The first kappa shape index (κ1) is 115. The van der Waals surface area contributed by atoms with E-state index in [1.165, 1.54) is 20.8 Å². The van der Waals surface area contributed by atoms with Gasteiger partial charge in [0.15, 0.2) is 55.5 Å². The Labute approximate surface area is 763 Å². The lowest BCUT2D eigenvalue weighted by Crippen LogP contribution is -2.66. The highest BCUT2D eigenvalue weighted by Crippen LogP contribution is 2.49. The molecule has 748 valence electrons. The van der Waals surface area contributed by atoms with Crippen LogP contribution in [-0.2, 0) is 185 Å². The first-order chi connectivity index (χ1) is 62.1. The van der Waals surface area contributed by atoms with Crippen LogP contribution in [0.5, 0.6) is 0 Å². The van der Waals surface area contributed by atoms with Crippen molar-refractivity contribution in [1.82, 2.24) is 41.9 Å². The standard InChI is InChI=1S/C83H137N8O39P/c1-18-29-120-131(91(48(2)3)49(4)5)130-63-21-19-62(20-22-63)79(107)90-83(45-111-30-23-67(104)84-26-33-108-36-39-114-80-70(87-50(6)92)76(124-59(15)101)73(121-56(12)98)64(127-80)42-117-53(9)95,46-112-31-24-68(105)85-27-34-109-37-40-115-81-71(88-51(7)93)77(125-60(16)102)74(122-57(13)99)65(128-81)43-118-54(10)96)47-113-32-25-69(106)86-28-35-110-38-41-116-82-72(89-52(8)94)78(126-61(17)103)75(123-58(14)100)66(129-82)44-119-55(11)97/h48-49,62-66,70-78,80-82H,18-47H2,1-17H3,(H,84,104)(H,85,105)(H,86,106)(H,87,92)(H,88,93)(H,89,94)(H,90,107). The smallest absolute Gasteiger partial charge is 0.303 e. The second-order valence-corrected chi connectivity index (χ2v) is 33.0. The molecule has 7 N–H and O–H groups in total. The van der Waals surface area contributed by atoms with Crippen LogP contribution < -0.4 is 37.2 Å². The van der Waals surface area contributed by atoms with Gasteiger partial charge in [-0.15, -0.1) is 0 Å². The van der Waals surface area contributed by atoms with E-state index in [0.29, 0.717) is 32.3 Å². The Morgan fingerprint density at radius 1 is 0.366 bits per heavy atom. The third-order valence-electron chi connectivity index (χ3n) is 19.3. The molecule has 48 heteroatoms. The van der Waals surface area contributed by atoms with Gasteiger partial charge in [0.2, 0.25) is 41.4 Å². The fourth-order valence-corrected chi connectivity index (χ4v) is 15.9. The number of nitrogens with one attached hydrogen (secondary N) is 7. The second kappa shape index (κ2) is 62.0. The van der Waals surface area contributed by atoms with Crippen LogP contribution in [0, 0.1) is 5.92 Å². The fourth-order valence-electron chi connectivity index (χ4n) is 14.1. The summed E-state index contributed by atoms with van der Waals surface area (Å²) in [5, 5.41) is 19.2. The maximum atomic E-state index is 14.9. The summed E-state index contributed by atoms with van der Waals surface area (Å²) < 4.78 is 135. The zero-order valence-electron chi connectivity index (χ0n) is 78.0. The number of hydrogen-bond acceptors (Lipinski definition) is 40. The van der Waals surface area contributed by atoms with Gasteiger partial charge in [0.25, 0.3) is 8.53 Å². The number of carbonyl (C=O) groups excluding carboxylic acids is 16. The van der Waals surface area contributed by atoms with Gasteiger partial charge >= 0.3 is 53.7 Å². The highest BCUT2D eigenvalue weighted by Gasteiger charge is 2.55. The van der Waals surface area contributed by atoms with Crippen molar-refractivity contribution in [2.75, 3.05) is 145 Å². The number of nitrogens with zero attached hydrogens (tertiary/aromatic N) is 1. The van der Waals surface area contributed by atoms with Crippen LogP contribution in [0.25, 0.3) is 0 Å². The molecule has 1 saturated carbocycles. The Morgan fingerprint density at radius 2 is 0.664 bits per heavy atom. The van der Waals surface area contributed by atoms with Crippen LogP contribution in [0.4, 0.5) is 0 Å². The molecule has 131 heavy (non-hydrogen) atoms. The first-order valence-electron chi connectivity index (χ1n) is 43.7. The minimum atomic E-state index is -1.56. The summed E-state index contributed by atoms with van der Waals surface area (Å²) in [5.74, 6) is -10.9. The van der Waals surface area contributed by atoms with E-state index in [4.69, 9.17) is 109 Å². The number of hydrogen-bond donors (Lipinski definition) is 7. The van der Waals surface area contributed by atoms with Crippen LogP contribution in [0.3, 0.4) is 0 Å². The quantitative estimate of drug-likeness (QED) is 0.0180. The van der Waals surface area contributed by atoms with E-state index in [1.54, 1.807) is 0 Å². The Morgan fingerprint density at radius 3 is 0.931 bits per heavy atom. The van der Waals surface area contributed by atoms with Gasteiger partial charge in [-0.1, -0.05) is 6.92 Å². The number of amides is 7. The predicted octanol–water partition coefficient (Wildman–Crippen LogP) is -0.174. The molecule has 3 heterocycles. The average Bonchev–Trinajstić information content (AvgIpc) is 0.796. The second-order valence-electron chi connectivity index (χ2n) is 31.6. The molecule has 16 atom stereocenters. The predicted molar refractivity (Wildman–Crippen MR) is 451 cm³/mol. The van der Waals surface area contributed by atoms with E-state index >= 15 is 0 Å². The molecule has 0 spiro atoms. The van der Waals surface area contributed by atoms with Crippen molar-refractivity contribution in [3.8, 4) is 0 Å². The van der Waals surface area contributed by atoms with Crippen LogP contribution in [0.2, 0.25) is 0 Å². The molecule has 1 aliphatic carbocycles. The highest BCUT2D eigenvalue weighted by atomic mass is 31.2. The van der Waals surface area contributed by atoms with Crippen molar-refractivity contribution < 1.29 is 185 Å². The van der Waals surface area contributed by atoms with E-state index in [9.17, 15) is 76.7 Å². The van der Waals surface area contributed by atoms with Crippen LogP contribution in [-0.4, -0.2) is 361 Å². The topological polar surface area (TPSA) is 573 Å². The van der Waals surface area contributed by atoms with Gasteiger partial charge < -0.3 is 146 Å². The molecule has 0 radical (unpaired) electrons. The highest BCUT2D eigenvalue weighted by molar-refractivity contribution is 7.44. The van der Waals surface area contributed by atoms with Crippen molar-refractivity contribution in [2.45, 2.75) is 285 Å². The molecule has 0 aromatic carbocycles. The van der Waals surface area contributed by atoms with Gasteiger partial charge in [0.1, 0.15) is 61.8 Å². The van der Waals surface area contributed by atoms with Crippen molar-refractivity contribution in [3.05, 3.63) is 0 Å². The molecule has 16 unspecified atom stereocenters. The lowest BCUT2D eigenvalue weighted by Gasteiger charge is -2.44. The summed E-state index contributed by atoms with van der Waals surface area (Å²) in [4.78, 5) is 202. The molecular formula is C83H137N8O39P. The largest absolute Gasteiger partial charge is 0.463 e. The summed E-state index contributed by atoms with van der Waals surface area (Å²) in [6.45, 7) is 20.4. The van der Waals surface area contributed by atoms with E-state index in [2.05, 4.69) is 69.6 Å². The van der Waals surface area contributed by atoms with E-state index in [1.807, 2.05) is 6.92 Å².